The molecule has 194 valence electrons. The Labute approximate surface area is 225 Å². The normalized spacial score (nSPS) is 14.0. The Morgan fingerprint density at radius 3 is 2.51 bits per heavy atom. The monoisotopic (exact) mass is 567 g/mol. The van der Waals surface area contributed by atoms with Crippen molar-refractivity contribution in [3.8, 4) is 11.6 Å². The number of aromatic nitrogens is 2. The van der Waals surface area contributed by atoms with E-state index in [-0.39, 0.29) is 11.3 Å². The number of ether oxygens (including phenoxy) is 2. The summed E-state index contributed by atoms with van der Waals surface area (Å²) in [4.78, 5) is 11.1. The molecule has 0 unspecified atom stereocenters. The Morgan fingerprint density at radius 1 is 1.05 bits per heavy atom. The van der Waals surface area contributed by atoms with E-state index in [1.165, 1.54) is 14.2 Å². The summed E-state index contributed by atoms with van der Waals surface area (Å²) >= 11 is 3.53. The minimum Gasteiger partial charge on any atom is -0.494 e. The van der Waals surface area contributed by atoms with Gasteiger partial charge in [-0.15, -0.1) is 0 Å². The highest BCUT2D eigenvalue weighted by Gasteiger charge is 2.44. The van der Waals surface area contributed by atoms with Crippen LogP contribution in [-0.4, -0.2) is 54.8 Å². The third-order valence-corrected chi connectivity index (χ3v) is 7.11. The molecule has 0 saturated carbocycles. The maximum atomic E-state index is 16.0. The highest BCUT2D eigenvalue weighted by molar-refractivity contribution is 9.10. The summed E-state index contributed by atoms with van der Waals surface area (Å²) in [5.41, 5.74) is 1.41. The number of benzene rings is 2. The number of aryl methyl sites for hydroxylation is 1. The highest BCUT2D eigenvalue weighted by atomic mass is 79.9. The maximum Gasteiger partial charge on any atom is 0.217 e. The molecule has 2 heterocycles. The second-order valence-electron chi connectivity index (χ2n) is 9.38. The topological polar surface area (TPSA) is 67.7 Å². The molecule has 2 atom stereocenters. The summed E-state index contributed by atoms with van der Waals surface area (Å²) in [5, 5.41) is 13.5. The van der Waals surface area contributed by atoms with Crippen LogP contribution in [0.5, 0.6) is 11.6 Å². The summed E-state index contributed by atoms with van der Waals surface area (Å²) in [6, 6.07) is 16.3. The Hall–Kier alpha value is -3.07. The molecule has 37 heavy (non-hydrogen) atoms. The van der Waals surface area contributed by atoms with Gasteiger partial charge in [0.25, 0.3) is 0 Å². The highest BCUT2D eigenvalue weighted by Crippen LogP contribution is 2.49. The van der Waals surface area contributed by atoms with Crippen molar-refractivity contribution >= 4 is 26.8 Å². The van der Waals surface area contributed by atoms with Gasteiger partial charge in [-0.05, 0) is 75.5 Å². The minimum absolute atomic E-state index is 0.0961. The van der Waals surface area contributed by atoms with E-state index >= 15 is 4.39 Å². The number of rotatable bonds is 9. The SMILES string of the molecule is COc1cccc([C@H](c2cc3cc(Br)ccc3nc2OC)[C@@](O)(CCN(C)C)c2ccnc(C)c2)c1F. The van der Waals surface area contributed by atoms with Crippen LogP contribution in [0.2, 0.25) is 0 Å². The van der Waals surface area contributed by atoms with Gasteiger partial charge in [0.15, 0.2) is 11.6 Å². The zero-order valence-corrected chi connectivity index (χ0v) is 23.2. The fourth-order valence-corrected chi connectivity index (χ4v) is 5.15. The summed E-state index contributed by atoms with van der Waals surface area (Å²) < 4.78 is 28.0. The molecular formula is C29H31BrFN3O3. The Bertz CT molecular complexity index is 1410. The molecule has 0 bridgehead atoms. The van der Waals surface area contributed by atoms with Crippen LogP contribution in [0.25, 0.3) is 10.9 Å². The molecule has 0 saturated heterocycles. The summed E-state index contributed by atoms with van der Waals surface area (Å²) in [6.45, 7) is 2.42. The minimum atomic E-state index is -1.54. The lowest BCUT2D eigenvalue weighted by Gasteiger charge is -2.39. The number of fused-ring (bicyclic) bond motifs is 1. The van der Waals surface area contributed by atoms with E-state index in [9.17, 15) is 5.11 Å². The van der Waals surface area contributed by atoms with Gasteiger partial charge in [0.05, 0.1) is 25.7 Å². The molecule has 1 N–H and O–H groups in total. The van der Waals surface area contributed by atoms with Gasteiger partial charge in [-0.2, -0.15) is 0 Å². The van der Waals surface area contributed by atoms with Crippen molar-refractivity contribution in [2.45, 2.75) is 24.9 Å². The van der Waals surface area contributed by atoms with Gasteiger partial charge in [-0.1, -0.05) is 28.1 Å². The molecule has 0 aliphatic rings. The fourth-order valence-electron chi connectivity index (χ4n) is 4.77. The molecule has 2 aromatic carbocycles. The third kappa shape index (κ3) is 5.46. The standard InChI is InChI=1S/C29H31BrFN3O3/c1-18-15-20(11-13-32-18)29(35,12-14-34(2)3)26(22-7-6-8-25(36-4)27(22)31)23-17-19-16-21(30)9-10-24(19)33-28(23)37-5/h6-11,13,15-17,26,35H,12,14H2,1-5H3/t26-,29-/m1/s1. The third-order valence-electron chi connectivity index (χ3n) is 6.61. The van der Waals surface area contributed by atoms with Gasteiger partial charge in [-0.3, -0.25) is 4.98 Å². The van der Waals surface area contributed by atoms with E-state index in [0.717, 1.165) is 21.1 Å². The van der Waals surface area contributed by atoms with E-state index in [0.29, 0.717) is 30.0 Å². The van der Waals surface area contributed by atoms with Gasteiger partial charge < -0.3 is 19.5 Å². The van der Waals surface area contributed by atoms with Gasteiger partial charge in [-0.25, -0.2) is 9.37 Å². The number of hydrogen-bond acceptors (Lipinski definition) is 6. The van der Waals surface area contributed by atoms with Gasteiger partial charge in [0, 0.05) is 39.4 Å². The second-order valence-corrected chi connectivity index (χ2v) is 10.3. The molecule has 0 radical (unpaired) electrons. The van der Waals surface area contributed by atoms with Crippen LogP contribution in [0.4, 0.5) is 4.39 Å². The van der Waals surface area contributed by atoms with E-state index in [1.54, 1.807) is 30.5 Å². The number of nitrogens with zero attached hydrogens (tertiary/aromatic N) is 3. The quantitative estimate of drug-likeness (QED) is 0.274. The zero-order valence-electron chi connectivity index (χ0n) is 21.6. The van der Waals surface area contributed by atoms with Crippen LogP contribution >= 0.6 is 15.9 Å². The molecule has 2 aromatic heterocycles. The maximum absolute atomic E-state index is 16.0. The molecule has 6 nitrogen and oxygen atoms in total. The van der Waals surface area contributed by atoms with Crippen molar-refractivity contribution in [2.75, 3.05) is 34.9 Å². The second kappa shape index (κ2) is 11.1. The summed E-state index contributed by atoms with van der Waals surface area (Å²) in [6.07, 6.45) is 1.97. The lowest BCUT2D eigenvalue weighted by atomic mass is 9.71. The average Bonchev–Trinajstić information content (AvgIpc) is 2.88. The summed E-state index contributed by atoms with van der Waals surface area (Å²) in [7, 11) is 6.84. The van der Waals surface area contributed by atoms with Crippen LogP contribution in [0.15, 0.2) is 65.3 Å². The Kier molecular flexibility index (Phi) is 8.11. The predicted octanol–water partition coefficient (Wildman–Crippen LogP) is 5.83. The molecule has 0 spiro atoms. The predicted molar refractivity (Wildman–Crippen MR) is 147 cm³/mol. The molecule has 0 fully saturated rings. The molecule has 4 aromatic rings. The molecule has 8 heteroatoms. The first-order valence-corrected chi connectivity index (χ1v) is 12.7. The number of aliphatic hydroxyl groups is 1. The zero-order chi connectivity index (χ0) is 26.7. The lowest BCUT2D eigenvalue weighted by Crippen LogP contribution is -2.38. The van der Waals surface area contributed by atoms with Crippen molar-refractivity contribution < 1.29 is 19.0 Å². The first-order valence-electron chi connectivity index (χ1n) is 11.9. The van der Waals surface area contributed by atoms with E-state index < -0.39 is 17.3 Å². The van der Waals surface area contributed by atoms with Gasteiger partial charge in [0.2, 0.25) is 5.88 Å². The number of halogens is 2. The molecule has 0 amide bonds. The Balaban J connectivity index is 2.09. The van der Waals surface area contributed by atoms with Crippen LogP contribution < -0.4 is 9.47 Å². The first-order chi connectivity index (χ1) is 17.7. The van der Waals surface area contributed by atoms with E-state index in [1.807, 2.05) is 56.3 Å². The first kappa shape index (κ1) is 27.0. The van der Waals surface area contributed by atoms with Crippen molar-refractivity contribution in [2.24, 2.45) is 0 Å². The van der Waals surface area contributed by atoms with Crippen LogP contribution in [0, 0.1) is 12.7 Å². The molecule has 0 aliphatic heterocycles. The van der Waals surface area contributed by atoms with Crippen molar-refractivity contribution in [1.29, 1.82) is 0 Å². The van der Waals surface area contributed by atoms with Gasteiger partial charge >= 0.3 is 0 Å². The largest absolute Gasteiger partial charge is 0.494 e. The lowest BCUT2D eigenvalue weighted by molar-refractivity contribution is 0.00268. The van der Waals surface area contributed by atoms with Crippen molar-refractivity contribution in [1.82, 2.24) is 14.9 Å². The average molecular weight is 568 g/mol. The van der Waals surface area contributed by atoms with Crippen LogP contribution in [0.3, 0.4) is 0 Å². The van der Waals surface area contributed by atoms with Gasteiger partial charge in [0.1, 0.15) is 5.60 Å². The van der Waals surface area contributed by atoms with E-state index in [2.05, 4.69) is 20.9 Å². The van der Waals surface area contributed by atoms with Crippen LogP contribution in [-0.2, 0) is 5.60 Å². The fraction of sp³-hybridized carbons (Fsp3) is 0.310. The smallest absolute Gasteiger partial charge is 0.217 e. The Morgan fingerprint density at radius 2 is 1.84 bits per heavy atom. The molecule has 0 aliphatic carbocycles. The number of hydrogen-bond donors (Lipinski definition) is 1. The molecule has 4 rings (SSSR count). The number of methoxy groups -OCH3 is 2. The summed E-state index contributed by atoms with van der Waals surface area (Å²) in [5.74, 6) is -1.01. The number of pyridine rings is 2. The molecular weight excluding hydrogens is 537 g/mol. The van der Waals surface area contributed by atoms with Crippen molar-refractivity contribution in [3.05, 3.63) is 93.5 Å². The van der Waals surface area contributed by atoms with Crippen molar-refractivity contribution in [3.63, 3.8) is 0 Å². The van der Waals surface area contributed by atoms with Crippen LogP contribution in [0.1, 0.15) is 34.7 Å². The van der Waals surface area contributed by atoms with E-state index in [4.69, 9.17) is 14.5 Å².